The molecule has 0 unspecified atom stereocenters. The molecule has 1 aromatic carbocycles. The van der Waals surface area contributed by atoms with Crippen LogP contribution in [0.4, 0.5) is 0 Å². The largest absolute Gasteiger partial charge is 0.379 e. The van der Waals surface area contributed by atoms with E-state index in [4.69, 9.17) is 14.7 Å². The highest BCUT2D eigenvalue weighted by Gasteiger charge is 2.17. The Hall–Kier alpha value is -1.70. The molecule has 0 radical (unpaired) electrons. The second kappa shape index (κ2) is 11.1. The monoisotopic (exact) mass is 428 g/mol. The lowest BCUT2D eigenvalue weighted by molar-refractivity contribution is -0.119. The van der Waals surface area contributed by atoms with Crippen molar-refractivity contribution in [2.24, 2.45) is 0 Å². The highest BCUT2D eigenvalue weighted by atomic mass is 32.2. The van der Waals surface area contributed by atoms with Gasteiger partial charge in [0.05, 0.1) is 31.0 Å². The number of thioether (sulfide) groups is 1. The number of para-hydroxylation sites is 1. The number of hydrogen-bond acceptors (Lipinski definition) is 6. The molecule has 162 valence electrons. The number of amides is 1. The fourth-order valence-electron chi connectivity index (χ4n) is 4.24. The van der Waals surface area contributed by atoms with Gasteiger partial charge in [0.25, 0.3) is 0 Å². The summed E-state index contributed by atoms with van der Waals surface area (Å²) in [6, 6.07) is 8.41. The number of fused-ring (bicyclic) bond motifs is 1. The van der Waals surface area contributed by atoms with Crippen LogP contribution >= 0.6 is 11.8 Å². The number of carbonyl (C=O) groups is 1. The molecule has 6 nitrogen and oxygen atoms in total. The predicted molar refractivity (Wildman–Crippen MR) is 121 cm³/mol. The van der Waals surface area contributed by atoms with Crippen LogP contribution in [0.25, 0.3) is 10.9 Å². The molecule has 2 heterocycles. The molecular weight excluding hydrogens is 396 g/mol. The summed E-state index contributed by atoms with van der Waals surface area (Å²) in [5, 5.41) is 5.18. The van der Waals surface area contributed by atoms with E-state index >= 15 is 0 Å². The van der Waals surface area contributed by atoms with Crippen molar-refractivity contribution in [2.75, 3.05) is 32.1 Å². The summed E-state index contributed by atoms with van der Waals surface area (Å²) in [6.45, 7) is 4.05. The van der Waals surface area contributed by atoms with Crippen LogP contribution in [0.3, 0.4) is 0 Å². The van der Waals surface area contributed by atoms with E-state index in [-0.39, 0.29) is 5.91 Å². The Morgan fingerprint density at radius 3 is 2.60 bits per heavy atom. The molecule has 7 heteroatoms. The number of morpholine rings is 1. The van der Waals surface area contributed by atoms with E-state index in [1.165, 1.54) is 43.9 Å². The number of aromatic nitrogens is 2. The van der Waals surface area contributed by atoms with E-state index in [9.17, 15) is 4.79 Å². The van der Waals surface area contributed by atoms with E-state index in [0.717, 1.165) is 67.4 Å². The number of benzene rings is 1. The molecule has 1 amide bonds. The summed E-state index contributed by atoms with van der Waals surface area (Å²) in [5.41, 5.74) is 0.943. The van der Waals surface area contributed by atoms with Crippen molar-refractivity contribution >= 4 is 28.6 Å². The van der Waals surface area contributed by atoms with E-state index in [1.807, 2.05) is 24.3 Å². The van der Waals surface area contributed by atoms with Gasteiger partial charge in [-0.1, -0.05) is 62.1 Å². The Kier molecular flexibility index (Phi) is 7.94. The average Bonchev–Trinajstić information content (AvgIpc) is 2.74. The van der Waals surface area contributed by atoms with E-state index in [2.05, 4.69) is 10.2 Å². The maximum atomic E-state index is 12.6. The third-order valence-corrected chi connectivity index (χ3v) is 6.88. The zero-order valence-corrected chi connectivity index (χ0v) is 18.5. The third-order valence-electron chi connectivity index (χ3n) is 5.89. The quantitative estimate of drug-likeness (QED) is 0.558. The fourth-order valence-corrected chi connectivity index (χ4v) is 5.09. The number of ether oxygens (including phenoxy) is 1. The number of rotatable bonds is 6. The van der Waals surface area contributed by atoms with Crippen LogP contribution in [-0.2, 0) is 16.1 Å². The summed E-state index contributed by atoms with van der Waals surface area (Å²) < 4.78 is 5.44. The molecule has 1 aliphatic carbocycles. The first-order valence-corrected chi connectivity index (χ1v) is 12.2. The SMILES string of the molecule is O=C(CSc1nc(CN2CCOCC2)nc2ccccc12)NC1CCCCCCC1. The molecule has 4 rings (SSSR count). The lowest BCUT2D eigenvalue weighted by atomic mass is 9.97. The molecule has 2 aromatic rings. The predicted octanol–water partition coefficient (Wildman–Crippen LogP) is 3.78. The van der Waals surface area contributed by atoms with Crippen LogP contribution in [0.15, 0.2) is 29.3 Å². The van der Waals surface area contributed by atoms with Crippen molar-refractivity contribution in [3.63, 3.8) is 0 Å². The summed E-state index contributed by atoms with van der Waals surface area (Å²) >= 11 is 1.53. The Morgan fingerprint density at radius 1 is 1.07 bits per heavy atom. The van der Waals surface area contributed by atoms with Crippen molar-refractivity contribution in [3.8, 4) is 0 Å². The summed E-state index contributed by atoms with van der Waals surface area (Å²) in [7, 11) is 0. The van der Waals surface area contributed by atoms with Crippen LogP contribution in [0.1, 0.15) is 50.8 Å². The van der Waals surface area contributed by atoms with E-state index < -0.39 is 0 Å². The van der Waals surface area contributed by atoms with Crippen LogP contribution in [0.5, 0.6) is 0 Å². The molecule has 0 atom stereocenters. The number of nitrogens with zero attached hydrogens (tertiary/aromatic N) is 3. The minimum atomic E-state index is 0.114. The molecule has 0 bridgehead atoms. The van der Waals surface area contributed by atoms with Gasteiger partial charge in [-0.15, -0.1) is 0 Å². The van der Waals surface area contributed by atoms with E-state index in [1.54, 1.807) is 0 Å². The van der Waals surface area contributed by atoms with Crippen molar-refractivity contribution in [1.29, 1.82) is 0 Å². The van der Waals surface area contributed by atoms with Crippen LogP contribution in [0.2, 0.25) is 0 Å². The van der Waals surface area contributed by atoms with E-state index in [0.29, 0.717) is 11.8 Å². The van der Waals surface area contributed by atoms with Crippen LogP contribution < -0.4 is 5.32 Å². The molecule has 2 aliphatic rings. The van der Waals surface area contributed by atoms with Gasteiger partial charge in [-0.05, 0) is 18.9 Å². The van der Waals surface area contributed by atoms with Gasteiger partial charge in [0.2, 0.25) is 5.91 Å². The Labute approximate surface area is 183 Å². The standard InChI is InChI=1S/C23H32N4O2S/c28-22(24-18-8-4-2-1-3-5-9-18)17-30-23-19-10-6-7-11-20(19)25-21(26-23)16-27-12-14-29-15-13-27/h6-7,10-11,18H,1-5,8-9,12-17H2,(H,24,28). The second-order valence-corrected chi connectivity index (χ2v) is 9.21. The molecule has 1 saturated carbocycles. The van der Waals surface area contributed by atoms with Crippen molar-refractivity contribution in [1.82, 2.24) is 20.2 Å². The topological polar surface area (TPSA) is 67.4 Å². The van der Waals surface area contributed by atoms with Gasteiger partial charge in [-0.3, -0.25) is 9.69 Å². The molecule has 1 N–H and O–H groups in total. The van der Waals surface area contributed by atoms with Crippen molar-refractivity contribution in [3.05, 3.63) is 30.1 Å². The van der Waals surface area contributed by atoms with Gasteiger partial charge in [0, 0.05) is 24.5 Å². The zero-order valence-electron chi connectivity index (χ0n) is 17.6. The Bertz CT molecular complexity index is 833. The first-order chi connectivity index (χ1) is 14.8. The number of hydrogen-bond donors (Lipinski definition) is 1. The molecule has 1 saturated heterocycles. The highest BCUT2D eigenvalue weighted by Crippen LogP contribution is 2.26. The van der Waals surface area contributed by atoms with Gasteiger partial charge >= 0.3 is 0 Å². The van der Waals surface area contributed by atoms with Gasteiger partial charge in [-0.2, -0.15) is 0 Å². The number of nitrogens with one attached hydrogen (secondary N) is 1. The number of carbonyl (C=O) groups excluding carboxylic acids is 1. The maximum absolute atomic E-state index is 12.6. The van der Waals surface area contributed by atoms with Crippen molar-refractivity contribution in [2.45, 2.75) is 62.6 Å². The van der Waals surface area contributed by atoms with Gasteiger partial charge in [-0.25, -0.2) is 9.97 Å². The maximum Gasteiger partial charge on any atom is 0.230 e. The first-order valence-electron chi connectivity index (χ1n) is 11.3. The molecule has 1 aromatic heterocycles. The second-order valence-electron chi connectivity index (χ2n) is 8.25. The lowest BCUT2D eigenvalue weighted by Gasteiger charge is -2.26. The van der Waals surface area contributed by atoms with Gasteiger partial charge < -0.3 is 10.1 Å². The average molecular weight is 429 g/mol. The highest BCUT2D eigenvalue weighted by molar-refractivity contribution is 8.00. The Morgan fingerprint density at radius 2 is 1.80 bits per heavy atom. The molecule has 30 heavy (non-hydrogen) atoms. The molecular formula is C23H32N4O2S. The van der Waals surface area contributed by atoms with Crippen LogP contribution in [-0.4, -0.2) is 58.9 Å². The molecule has 0 spiro atoms. The third kappa shape index (κ3) is 6.15. The normalized spacial score (nSPS) is 19.3. The minimum Gasteiger partial charge on any atom is -0.379 e. The first kappa shape index (κ1) is 21.5. The molecule has 2 fully saturated rings. The fraction of sp³-hybridized carbons (Fsp3) is 0.609. The summed E-state index contributed by atoms with van der Waals surface area (Å²) in [4.78, 5) is 24.5. The van der Waals surface area contributed by atoms with Crippen molar-refractivity contribution < 1.29 is 9.53 Å². The van der Waals surface area contributed by atoms with Gasteiger partial charge in [0.15, 0.2) is 0 Å². The lowest BCUT2D eigenvalue weighted by Crippen LogP contribution is -2.36. The molecule has 1 aliphatic heterocycles. The Balaban J connectivity index is 1.41. The summed E-state index contributed by atoms with van der Waals surface area (Å²) in [5.74, 6) is 1.33. The van der Waals surface area contributed by atoms with Gasteiger partial charge in [0.1, 0.15) is 10.9 Å². The zero-order chi connectivity index (χ0) is 20.6. The van der Waals surface area contributed by atoms with Crippen LogP contribution in [0, 0.1) is 0 Å². The smallest absolute Gasteiger partial charge is 0.230 e. The minimum absolute atomic E-state index is 0.114. The summed E-state index contributed by atoms with van der Waals surface area (Å²) in [6.07, 6.45) is 8.58.